The predicted molar refractivity (Wildman–Crippen MR) is 110 cm³/mol. The Balaban J connectivity index is 1.66. The number of thioether (sulfide) groups is 1. The van der Waals surface area contributed by atoms with Crippen LogP contribution in [0.4, 0.5) is 11.4 Å². The van der Waals surface area contributed by atoms with Crippen molar-refractivity contribution in [3.05, 3.63) is 59.7 Å². The van der Waals surface area contributed by atoms with Crippen LogP contribution in [0.2, 0.25) is 0 Å². The van der Waals surface area contributed by atoms with Crippen LogP contribution in [0.25, 0.3) is 0 Å². The van der Waals surface area contributed by atoms with Crippen LogP contribution in [-0.2, 0) is 16.1 Å². The molecule has 0 radical (unpaired) electrons. The summed E-state index contributed by atoms with van der Waals surface area (Å²) in [5.41, 5.74) is 4.04. The van der Waals surface area contributed by atoms with Gasteiger partial charge in [0, 0.05) is 32.0 Å². The monoisotopic (exact) mass is 371 g/mol. The highest BCUT2D eigenvalue weighted by molar-refractivity contribution is 8.00. The van der Waals surface area contributed by atoms with Crippen molar-refractivity contribution in [3.63, 3.8) is 0 Å². The van der Waals surface area contributed by atoms with Crippen molar-refractivity contribution in [1.29, 1.82) is 0 Å². The Morgan fingerprint density at radius 3 is 2.35 bits per heavy atom. The minimum Gasteiger partial charge on any atom is -0.378 e. The Labute approximate surface area is 159 Å². The largest absolute Gasteiger partial charge is 0.378 e. The third-order valence-corrected chi connectivity index (χ3v) is 4.64. The van der Waals surface area contributed by atoms with Crippen LogP contribution in [0.15, 0.2) is 48.5 Å². The molecule has 0 spiro atoms. The quantitative estimate of drug-likeness (QED) is 0.749. The van der Waals surface area contributed by atoms with E-state index in [1.165, 1.54) is 11.8 Å². The number of carbonyl (C=O) groups is 2. The second-order valence-corrected chi connectivity index (χ2v) is 7.23. The van der Waals surface area contributed by atoms with E-state index < -0.39 is 0 Å². The lowest BCUT2D eigenvalue weighted by Gasteiger charge is -2.13. The Kier molecular flexibility index (Phi) is 7.53. The van der Waals surface area contributed by atoms with Crippen molar-refractivity contribution in [1.82, 2.24) is 5.32 Å². The van der Waals surface area contributed by atoms with E-state index in [4.69, 9.17) is 0 Å². The molecule has 0 aromatic heterocycles. The van der Waals surface area contributed by atoms with Gasteiger partial charge in [0.05, 0.1) is 11.5 Å². The van der Waals surface area contributed by atoms with Crippen molar-refractivity contribution >= 4 is 35.0 Å². The van der Waals surface area contributed by atoms with Crippen LogP contribution in [-0.4, -0.2) is 37.4 Å². The van der Waals surface area contributed by atoms with E-state index in [0.29, 0.717) is 6.54 Å². The third kappa shape index (κ3) is 6.80. The Bertz CT molecular complexity index is 745. The summed E-state index contributed by atoms with van der Waals surface area (Å²) >= 11 is 1.30. The van der Waals surface area contributed by atoms with Crippen LogP contribution in [0.5, 0.6) is 0 Å². The predicted octanol–water partition coefficient (Wildman–Crippen LogP) is 3.05. The highest BCUT2D eigenvalue weighted by Crippen LogP contribution is 2.12. The van der Waals surface area contributed by atoms with E-state index in [9.17, 15) is 9.59 Å². The maximum Gasteiger partial charge on any atom is 0.234 e. The van der Waals surface area contributed by atoms with Crippen LogP contribution in [0.3, 0.4) is 0 Å². The molecule has 138 valence electrons. The summed E-state index contributed by atoms with van der Waals surface area (Å²) < 4.78 is 0. The summed E-state index contributed by atoms with van der Waals surface area (Å²) in [6.07, 6.45) is 0. The molecule has 6 heteroatoms. The molecule has 0 heterocycles. The summed E-state index contributed by atoms with van der Waals surface area (Å²) in [5, 5.41) is 5.71. The molecule has 2 amide bonds. The molecule has 2 rings (SSSR count). The summed E-state index contributed by atoms with van der Waals surface area (Å²) in [5.74, 6) is 0.332. The number of amides is 2. The van der Waals surface area contributed by atoms with Gasteiger partial charge in [0.25, 0.3) is 0 Å². The number of benzene rings is 2. The van der Waals surface area contributed by atoms with E-state index in [0.717, 1.165) is 22.5 Å². The molecule has 0 bridgehead atoms. The molecular formula is C20H25N3O2S. The zero-order valence-electron chi connectivity index (χ0n) is 15.4. The Morgan fingerprint density at radius 1 is 1.00 bits per heavy atom. The molecule has 0 unspecified atom stereocenters. The number of rotatable bonds is 8. The molecule has 5 nitrogen and oxygen atoms in total. The van der Waals surface area contributed by atoms with E-state index in [2.05, 4.69) is 10.6 Å². The van der Waals surface area contributed by atoms with Crippen LogP contribution in [0.1, 0.15) is 11.1 Å². The van der Waals surface area contributed by atoms with Crippen LogP contribution in [0, 0.1) is 6.92 Å². The van der Waals surface area contributed by atoms with Gasteiger partial charge in [-0.1, -0.05) is 24.3 Å². The van der Waals surface area contributed by atoms with Crippen LogP contribution >= 0.6 is 11.8 Å². The zero-order chi connectivity index (χ0) is 18.9. The van der Waals surface area contributed by atoms with Gasteiger partial charge in [0.2, 0.25) is 11.8 Å². The normalized spacial score (nSPS) is 10.3. The lowest BCUT2D eigenvalue weighted by molar-refractivity contribution is -0.118. The van der Waals surface area contributed by atoms with Gasteiger partial charge in [-0.15, -0.1) is 11.8 Å². The van der Waals surface area contributed by atoms with Gasteiger partial charge in [-0.3, -0.25) is 9.59 Å². The van der Waals surface area contributed by atoms with Crippen LogP contribution < -0.4 is 15.5 Å². The van der Waals surface area contributed by atoms with E-state index in [-0.39, 0.29) is 23.3 Å². The van der Waals surface area contributed by atoms with E-state index in [1.54, 1.807) is 0 Å². The SMILES string of the molecule is Cc1cccc(NC(=O)CSCC(=O)NCc2ccc(N(C)C)cc2)c1. The van der Waals surface area contributed by atoms with E-state index >= 15 is 0 Å². The minimum absolute atomic E-state index is 0.0740. The molecule has 0 fully saturated rings. The number of nitrogens with one attached hydrogen (secondary N) is 2. The van der Waals surface area contributed by atoms with Gasteiger partial charge in [-0.25, -0.2) is 0 Å². The first-order chi connectivity index (χ1) is 12.4. The summed E-state index contributed by atoms with van der Waals surface area (Å²) in [6, 6.07) is 15.7. The van der Waals surface area contributed by atoms with Gasteiger partial charge in [0.15, 0.2) is 0 Å². The topological polar surface area (TPSA) is 61.4 Å². The second-order valence-electron chi connectivity index (χ2n) is 6.25. The van der Waals surface area contributed by atoms with Crippen molar-refractivity contribution in [2.75, 3.05) is 35.8 Å². The maximum absolute atomic E-state index is 11.9. The van der Waals surface area contributed by atoms with Crippen molar-refractivity contribution in [2.24, 2.45) is 0 Å². The van der Waals surface area contributed by atoms with Gasteiger partial charge in [0.1, 0.15) is 0 Å². The lowest BCUT2D eigenvalue weighted by Crippen LogP contribution is -2.25. The molecule has 0 saturated carbocycles. The van der Waals surface area contributed by atoms with Crippen molar-refractivity contribution < 1.29 is 9.59 Å². The van der Waals surface area contributed by atoms with Gasteiger partial charge in [-0.05, 0) is 42.3 Å². The number of hydrogen-bond acceptors (Lipinski definition) is 4. The lowest BCUT2D eigenvalue weighted by atomic mass is 10.2. The highest BCUT2D eigenvalue weighted by Gasteiger charge is 2.06. The smallest absolute Gasteiger partial charge is 0.234 e. The van der Waals surface area contributed by atoms with Crippen molar-refractivity contribution in [3.8, 4) is 0 Å². The van der Waals surface area contributed by atoms with Gasteiger partial charge >= 0.3 is 0 Å². The minimum atomic E-state index is -0.104. The zero-order valence-corrected chi connectivity index (χ0v) is 16.2. The first-order valence-corrected chi connectivity index (χ1v) is 9.57. The molecule has 0 aliphatic heterocycles. The molecule has 2 aromatic carbocycles. The average Bonchev–Trinajstić information content (AvgIpc) is 2.60. The fraction of sp³-hybridized carbons (Fsp3) is 0.300. The molecule has 26 heavy (non-hydrogen) atoms. The van der Waals surface area contributed by atoms with Gasteiger partial charge < -0.3 is 15.5 Å². The molecule has 2 N–H and O–H groups in total. The van der Waals surface area contributed by atoms with Crippen molar-refractivity contribution in [2.45, 2.75) is 13.5 Å². The average molecular weight is 372 g/mol. The molecule has 0 aliphatic rings. The summed E-state index contributed by atoms with van der Waals surface area (Å²) in [7, 11) is 3.98. The first kappa shape index (κ1) is 19.8. The molecule has 0 aliphatic carbocycles. The number of hydrogen-bond donors (Lipinski definition) is 2. The summed E-state index contributed by atoms with van der Waals surface area (Å²) in [4.78, 5) is 25.8. The summed E-state index contributed by atoms with van der Waals surface area (Å²) in [6.45, 7) is 2.46. The number of nitrogens with zero attached hydrogens (tertiary/aromatic N) is 1. The maximum atomic E-state index is 11.9. The second kappa shape index (κ2) is 9.87. The standard InChI is InChI=1S/C20H25N3O2S/c1-15-5-4-6-17(11-15)22-20(25)14-26-13-19(24)21-12-16-7-9-18(10-8-16)23(2)3/h4-11H,12-14H2,1-3H3,(H,21,24)(H,22,25). The molecule has 2 aromatic rings. The number of anilines is 2. The first-order valence-electron chi connectivity index (χ1n) is 8.41. The van der Waals surface area contributed by atoms with Gasteiger partial charge in [-0.2, -0.15) is 0 Å². The Hall–Kier alpha value is -2.47. The molecular weight excluding hydrogens is 346 g/mol. The number of carbonyl (C=O) groups excluding carboxylic acids is 2. The molecule has 0 saturated heterocycles. The molecule has 0 atom stereocenters. The highest BCUT2D eigenvalue weighted by atomic mass is 32.2. The third-order valence-electron chi connectivity index (χ3n) is 3.71. The fourth-order valence-corrected chi connectivity index (χ4v) is 2.97. The number of aryl methyl sites for hydroxylation is 1. The fourth-order valence-electron chi connectivity index (χ4n) is 2.32. The van der Waals surface area contributed by atoms with E-state index in [1.807, 2.05) is 74.4 Å². The Morgan fingerprint density at radius 2 is 1.69 bits per heavy atom.